The van der Waals surface area contributed by atoms with Crippen molar-refractivity contribution in [2.75, 3.05) is 18.4 Å². The second-order valence-corrected chi connectivity index (χ2v) is 7.15. The first-order chi connectivity index (χ1) is 11.4. The fourth-order valence-corrected chi connectivity index (χ4v) is 2.82. The van der Waals surface area contributed by atoms with Gasteiger partial charge in [0, 0.05) is 19.1 Å². The largest absolute Gasteiger partial charge is 0.444 e. The molecule has 24 heavy (non-hydrogen) atoms. The number of para-hydroxylation sites is 2. The maximum Gasteiger partial charge on any atom is 0.410 e. The molecule has 1 N–H and O–H groups in total. The molecular weight excluding hydrogens is 304 g/mol. The van der Waals surface area contributed by atoms with Crippen molar-refractivity contribution in [2.45, 2.75) is 45.3 Å². The molecule has 2 aromatic rings. The summed E-state index contributed by atoms with van der Waals surface area (Å²) in [6.07, 6.45) is 3.43. The summed E-state index contributed by atoms with van der Waals surface area (Å²) < 4.78 is 5.46. The molecule has 1 aliphatic rings. The smallest absolute Gasteiger partial charge is 0.410 e. The Bertz CT molecular complexity index is 726. The molecule has 1 aromatic carbocycles. The molecule has 1 saturated heterocycles. The predicted octanol–water partition coefficient (Wildman–Crippen LogP) is 3.44. The zero-order chi connectivity index (χ0) is 17.2. The first-order valence-electron chi connectivity index (χ1n) is 8.37. The maximum absolute atomic E-state index is 12.2. The summed E-state index contributed by atoms with van der Waals surface area (Å²) in [4.78, 5) is 23.0. The van der Waals surface area contributed by atoms with E-state index in [2.05, 4.69) is 15.3 Å². The molecule has 0 bridgehead atoms. The molecule has 0 spiro atoms. The van der Waals surface area contributed by atoms with Crippen LogP contribution in [0.1, 0.15) is 33.6 Å². The van der Waals surface area contributed by atoms with E-state index in [1.165, 1.54) is 0 Å². The highest BCUT2D eigenvalue weighted by atomic mass is 16.6. The topological polar surface area (TPSA) is 67.3 Å². The number of aromatic nitrogens is 2. The van der Waals surface area contributed by atoms with Gasteiger partial charge in [-0.1, -0.05) is 12.1 Å². The van der Waals surface area contributed by atoms with E-state index >= 15 is 0 Å². The van der Waals surface area contributed by atoms with Gasteiger partial charge in [0.25, 0.3) is 0 Å². The first-order valence-corrected chi connectivity index (χ1v) is 8.37. The SMILES string of the molecule is CC(C)(C)OC(=O)N1CCC[C@H](Nc2cnc3ccccc3n2)C1. The Hall–Kier alpha value is -2.37. The summed E-state index contributed by atoms with van der Waals surface area (Å²) >= 11 is 0. The van der Waals surface area contributed by atoms with Gasteiger partial charge in [-0.05, 0) is 45.7 Å². The van der Waals surface area contributed by atoms with Crippen LogP contribution >= 0.6 is 0 Å². The summed E-state index contributed by atoms with van der Waals surface area (Å²) in [7, 11) is 0. The van der Waals surface area contributed by atoms with Gasteiger partial charge in [-0.3, -0.25) is 4.98 Å². The first kappa shape index (κ1) is 16.5. The van der Waals surface area contributed by atoms with Crippen LogP contribution in [0, 0.1) is 0 Å². The van der Waals surface area contributed by atoms with Crippen LogP contribution in [-0.2, 0) is 4.74 Å². The summed E-state index contributed by atoms with van der Waals surface area (Å²) in [5.41, 5.74) is 1.27. The lowest BCUT2D eigenvalue weighted by Gasteiger charge is -2.34. The average molecular weight is 328 g/mol. The minimum Gasteiger partial charge on any atom is -0.444 e. The molecular formula is C18H24N4O2. The molecule has 1 fully saturated rings. The van der Waals surface area contributed by atoms with Gasteiger partial charge in [0.05, 0.1) is 17.2 Å². The van der Waals surface area contributed by atoms with Gasteiger partial charge in [-0.15, -0.1) is 0 Å². The fraction of sp³-hybridized carbons (Fsp3) is 0.500. The van der Waals surface area contributed by atoms with Gasteiger partial charge in [0.15, 0.2) is 0 Å². The summed E-state index contributed by atoms with van der Waals surface area (Å²) in [6.45, 7) is 7.00. The van der Waals surface area contributed by atoms with Crippen LogP contribution in [0.3, 0.4) is 0 Å². The van der Waals surface area contributed by atoms with E-state index < -0.39 is 5.60 Å². The van der Waals surface area contributed by atoms with Crippen LogP contribution in [0.5, 0.6) is 0 Å². The number of piperidine rings is 1. The fourth-order valence-electron chi connectivity index (χ4n) is 2.82. The number of likely N-dealkylation sites (tertiary alicyclic amines) is 1. The third-order valence-electron chi connectivity index (χ3n) is 3.87. The molecule has 0 saturated carbocycles. The molecule has 0 aliphatic carbocycles. The van der Waals surface area contributed by atoms with Crippen LogP contribution in [0.2, 0.25) is 0 Å². The van der Waals surface area contributed by atoms with E-state index in [1.54, 1.807) is 11.1 Å². The van der Waals surface area contributed by atoms with Gasteiger partial charge in [-0.2, -0.15) is 0 Å². The monoisotopic (exact) mass is 328 g/mol. The number of ether oxygens (including phenoxy) is 1. The molecule has 1 aliphatic heterocycles. The molecule has 1 aromatic heterocycles. The normalized spacial score (nSPS) is 18.5. The van der Waals surface area contributed by atoms with Crippen molar-refractivity contribution in [1.82, 2.24) is 14.9 Å². The molecule has 0 unspecified atom stereocenters. The molecule has 1 amide bonds. The Balaban J connectivity index is 1.65. The predicted molar refractivity (Wildman–Crippen MR) is 94.0 cm³/mol. The van der Waals surface area contributed by atoms with Gasteiger partial charge in [0.2, 0.25) is 0 Å². The summed E-state index contributed by atoms with van der Waals surface area (Å²) in [5, 5.41) is 3.40. The lowest BCUT2D eigenvalue weighted by Crippen LogP contribution is -2.47. The van der Waals surface area contributed by atoms with Crippen LogP contribution in [0.25, 0.3) is 11.0 Å². The highest BCUT2D eigenvalue weighted by molar-refractivity contribution is 5.75. The number of rotatable bonds is 2. The minimum absolute atomic E-state index is 0.154. The number of hydrogen-bond donors (Lipinski definition) is 1. The molecule has 6 nitrogen and oxygen atoms in total. The lowest BCUT2D eigenvalue weighted by molar-refractivity contribution is 0.0206. The third kappa shape index (κ3) is 4.13. The molecule has 3 rings (SSSR count). The van der Waals surface area contributed by atoms with Gasteiger partial charge in [-0.25, -0.2) is 9.78 Å². The van der Waals surface area contributed by atoms with Crippen molar-refractivity contribution in [3.05, 3.63) is 30.5 Å². The number of amides is 1. The Labute approximate surface area is 142 Å². The number of anilines is 1. The Kier molecular flexibility index (Phi) is 4.55. The van der Waals surface area contributed by atoms with Crippen LogP contribution < -0.4 is 5.32 Å². The van der Waals surface area contributed by atoms with E-state index in [0.29, 0.717) is 6.54 Å². The van der Waals surface area contributed by atoms with E-state index in [1.807, 2.05) is 45.0 Å². The van der Waals surface area contributed by atoms with Crippen LogP contribution in [0.15, 0.2) is 30.5 Å². The molecule has 0 radical (unpaired) electrons. The van der Waals surface area contributed by atoms with Crippen molar-refractivity contribution in [1.29, 1.82) is 0 Å². The number of hydrogen-bond acceptors (Lipinski definition) is 5. The number of carbonyl (C=O) groups excluding carboxylic acids is 1. The van der Waals surface area contributed by atoms with Crippen LogP contribution in [0.4, 0.5) is 10.6 Å². The highest BCUT2D eigenvalue weighted by Gasteiger charge is 2.27. The Morgan fingerprint density at radius 3 is 2.79 bits per heavy atom. The van der Waals surface area contributed by atoms with Crippen molar-refractivity contribution < 1.29 is 9.53 Å². The van der Waals surface area contributed by atoms with Crippen LogP contribution in [-0.4, -0.2) is 45.7 Å². The number of nitrogens with one attached hydrogen (secondary N) is 1. The average Bonchev–Trinajstić information content (AvgIpc) is 2.53. The number of fused-ring (bicyclic) bond motifs is 1. The van der Waals surface area contributed by atoms with Gasteiger partial charge in [0.1, 0.15) is 11.4 Å². The van der Waals surface area contributed by atoms with E-state index in [4.69, 9.17) is 4.74 Å². The van der Waals surface area contributed by atoms with Gasteiger partial charge < -0.3 is 15.0 Å². The molecule has 2 heterocycles. The van der Waals surface area contributed by atoms with Crippen molar-refractivity contribution in [3.63, 3.8) is 0 Å². The van der Waals surface area contributed by atoms with E-state index in [0.717, 1.165) is 36.2 Å². The van der Waals surface area contributed by atoms with Crippen molar-refractivity contribution in [2.24, 2.45) is 0 Å². The standard InChI is InChI=1S/C18H24N4O2/c1-18(2,3)24-17(23)22-10-6-7-13(12-22)20-16-11-19-14-8-4-5-9-15(14)21-16/h4-5,8-9,11,13H,6-7,10,12H2,1-3H3,(H,20,21)/t13-/m0/s1. The maximum atomic E-state index is 12.2. The zero-order valence-corrected chi connectivity index (χ0v) is 14.5. The summed E-state index contributed by atoms with van der Waals surface area (Å²) in [6, 6.07) is 7.94. The zero-order valence-electron chi connectivity index (χ0n) is 14.5. The summed E-state index contributed by atoms with van der Waals surface area (Å²) in [5.74, 6) is 0.740. The lowest BCUT2D eigenvalue weighted by atomic mass is 10.1. The molecule has 1 atom stereocenters. The second kappa shape index (κ2) is 6.63. The minimum atomic E-state index is -0.471. The quantitative estimate of drug-likeness (QED) is 0.914. The molecule has 128 valence electrons. The number of nitrogens with zero attached hydrogens (tertiary/aromatic N) is 3. The Morgan fingerprint density at radius 1 is 1.29 bits per heavy atom. The van der Waals surface area contributed by atoms with Crippen molar-refractivity contribution >= 4 is 22.9 Å². The Morgan fingerprint density at radius 2 is 2.04 bits per heavy atom. The second-order valence-electron chi connectivity index (χ2n) is 7.15. The number of benzene rings is 1. The highest BCUT2D eigenvalue weighted by Crippen LogP contribution is 2.19. The third-order valence-corrected chi connectivity index (χ3v) is 3.87. The van der Waals surface area contributed by atoms with Crippen molar-refractivity contribution in [3.8, 4) is 0 Å². The van der Waals surface area contributed by atoms with E-state index in [9.17, 15) is 4.79 Å². The molecule has 6 heteroatoms. The number of carbonyl (C=O) groups is 1. The van der Waals surface area contributed by atoms with Gasteiger partial charge >= 0.3 is 6.09 Å². The van der Waals surface area contributed by atoms with E-state index in [-0.39, 0.29) is 12.1 Å².